The Hall–Kier alpha value is -2.15. The quantitative estimate of drug-likeness (QED) is 0.838. The molecule has 0 bridgehead atoms. The van der Waals surface area contributed by atoms with Gasteiger partial charge in [0.25, 0.3) is 0 Å². The topological polar surface area (TPSA) is 86.7 Å². The van der Waals surface area contributed by atoms with Gasteiger partial charge in [0.2, 0.25) is 11.8 Å². The minimum Gasteiger partial charge on any atom is -0.481 e. The van der Waals surface area contributed by atoms with Crippen molar-refractivity contribution in [2.75, 3.05) is 11.4 Å². The summed E-state index contributed by atoms with van der Waals surface area (Å²) in [4.78, 5) is 37.4. The predicted octanol–water partition coefficient (Wildman–Crippen LogP) is 2.59. The van der Waals surface area contributed by atoms with E-state index in [9.17, 15) is 18.8 Å². The number of benzene rings is 1. The van der Waals surface area contributed by atoms with E-state index in [1.807, 2.05) is 0 Å². The first-order valence-electron chi connectivity index (χ1n) is 8.66. The molecule has 8 heteroatoms. The molecule has 1 saturated heterocycles. The molecule has 1 aromatic rings. The Labute approximate surface area is 155 Å². The van der Waals surface area contributed by atoms with E-state index in [-0.39, 0.29) is 28.7 Å². The lowest BCUT2D eigenvalue weighted by molar-refractivity contribution is -0.144. The molecular formula is C18H20ClFN2O4. The number of rotatable bonds is 4. The number of hydrogen-bond donors (Lipinski definition) is 2. The molecule has 6 nitrogen and oxygen atoms in total. The van der Waals surface area contributed by atoms with E-state index in [1.54, 1.807) is 6.07 Å². The van der Waals surface area contributed by atoms with E-state index in [0.717, 1.165) is 0 Å². The number of hydrogen-bond acceptors (Lipinski definition) is 3. The molecule has 1 aliphatic heterocycles. The Kier molecular flexibility index (Phi) is 5.46. The van der Waals surface area contributed by atoms with Gasteiger partial charge in [-0.05, 0) is 50.3 Å². The number of nitrogens with zero attached hydrogens (tertiary/aromatic N) is 1. The maximum Gasteiger partial charge on any atom is 0.306 e. The van der Waals surface area contributed by atoms with Gasteiger partial charge in [-0.25, -0.2) is 4.39 Å². The van der Waals surface area contributed by atoms with Crippen molar-refractivity contribution < 1.29 is 23.9 Å². The fourth-order valence-electron chi connectivity index (χ4n) is 3.62. The molecule has 0 spiro atoms. The highest BCUT2D eigenvalue weighted by Crippen LogP contribution is 2.30. The van der Waals surface area contributed by atoms with E-state index in [4.69, 9.17) is 16.7 Å². The molecule has 2 fully saturated rings. The molecule has 3 rings (SSSR count). The van der Waals surface area contributed by atoms with Crippen LogP contribution < -0.4 is 10.2 Å². The van der Waals surface area contributed by atoms with Crippen LogP contribution in [0.15, 0.2) is 18.2 Å². The summed E-state index contributed by atoms with van der Waals surface area (Å²) in [6.07, 6.45) is 2.41. The van der Waals surface area contributed by atoms with Crippen molar-refractivity contribution >= 4 is 35.1 Å². The second-order valence-electron chi connectivity index (χ2n) is 6.82. The highest BCUT2D eigenvalue weighted by molar-refractivity contribution is 6.30. The van der Waals surface area contributed by atoms with Crippen molar-refractivity contribution in [1.29, 1.82) is 0 Å². The maximum absolute atomic E-state index is 13.6. The third kappa shape index (κ3) is 3.82. The van der Waals surface area contributed by atoms with Crippen LogP contribution in [0, 0.1) is 17.7 Å². The standard InChI is InChI=1S/C18H20ClFN2O4/c19-13-6-5-12(9-14(13)20)22-8-7-15(17(22)24)21-16(23)10-1-3-11(4-2-10)18(25)26/h5-6,9-11,15H,1-4,7-8H2,(H,21,23)(H,25,26). The largest absolute Gasteiger partial charge is 0.481 e. The number of amides is 2. The maximum atomic E-state index is 13.6. The minimum absolute atomic E-state index is 0.0118. The van der Waals surface area contributed by atoms with Crippen LogP contribution in [0.2, 0.25) is 5.02 Å². The first-order chi connectivity index (χ1) is 12.4. The number of carbonyl (C=O) groups is 3. The lowest BCUT2D eigenvalue weighted by Crippen LogP contribution is -2.44. The van der Waals surface area contributed by atoms with Gasteiger partial charge in [0, 0.05) is 18.2 Å². The summed E-state index contributed by atoms with van der Waals surface area (Å²) in [6, 6.07) is 3.53. The molecule has 1 atom stereocenters. The average Bonchev–Trinajstić information content (AvgIpc) is 2.98. The van der Waals surface area contributed by atoms with Gasteiger partial charge in [0.1, 0.15) is 11.9 Å². The third-order valence-corrected chi connectivity index (χ3v) is 5.49. The molecule has 2 aliphatic rings. The summed E-state index contributed by atoms with van der Waals surface area (Å²) in [5.41, 5.74) is 0.413. The summed E-state index contributed by atoms with van der Waals surface area (Å²) in [7, 11) is 0. The van der Waals surface area contributed by atoms with E-state index >= 15 is 0 Å². The molecule has 1 saturated carbocycles. The Morgan fingerprint density at radius 3 is 2.42 bits per heavy atom. The second-order valence-corrected chi connectivity index (χ2v) is 7.23. The summed E-state index contributed by atoms with van der Waals surface area (Å²) in [5, 5.41) is 11.8. The van der Waals surface area contributed by atoms with Crippen LogP contribution >= 0.6 is 11.6 Å². The molecular weight excluding hydrogens is 363 g/mol. The molecule has 1 unspecified atom stereocenters. The zero-order valence-corrected chi connectivity index (χ0v) is 14.8. The van der Waals surface area contributed by atoms with Gasteiger partial charge in [0.15, 0.2) is 0 Å². The van der Waals surface area contributed by atoms with Gasteiger partial charge in [-0.1, -0.05) is 11.6 Å². The van der Waals surface area contributed by atoms with Gasteiger partial charge < -0.3 is 15.3 Å². The number of anilines is 1. The number of aliphatic carboxylic acids is 1. The van der Waals surface area contributed by atoms with Gasteiger partial charge in [-0.15, -0.1) is 0 Å². The van der Waals surface area contributed by atoms with Crippen LogP contribution in [0.4, 0.5) is 10.1 Å². The molecule has 1 aliphatic carbocycles. The molecule has 2 N–H and O–H groups in total. The lowest BCUT2D eigenvalue weighted by Gasteiger charge is -2.26. The van der Waals surface area contributed by atoms with Crippen molar-refractivity contribution in [3.05, 3.63) is 29.0 Å². The molecule has 1 heterocycles. The van der Waals surface area contributed by atoms with Gasteiger partial charge >= 0.3 is 5.97 Å². The number of carboxylic acids is 1. The zero-order chi connectivity index (χ0) is 18.8. The number of carboxylic acid groups (broad SMARTS) is 1. The van der Waals surface area contributed by atoms with Crippen LogP contribution in [-0.2, 0) is 14.4 Å². The van der Waals surface area contributed by atoms with E-state index in [0.29, 0.717) is 44.3 Å². The molecule has 140 valence electrons. The Morgan fingerprint density at radius 2 is 1.81 bits per heavy atom. The van der Waals surface area contributed by atoms with Crippen molar-refractivity contribution in [2.24, 2.45) is 11.8 Å². The number of halogens is 2. The van der Waals surface area contributed by atoms with Crippen molar-refractivity contribution in [1.82, 2.24) is 5.32 Å². The SMILES string of the molecule is O=C(O)C1CCC(C(=O)NC2CCN(c3ccc(Cl)c(F)c3)C2=O)CC1. The summed E-state index contributed by atoms with van der Waals surface area (Å²) in [5.74, 6) is -2.56. The van der Waals surface area contributed by atoms with E-state index in [1.165, 1.54) is 17.0 Å². The Morgan fingerprint density at radius 1 is 1.15 bits per heavy atom. The van der Waals surface area contributed by atoms with Crippen LogP contribution in [0.1, 0.15) is 32.1 Å². The first kappa shape index (κ1) is 18.6. The normalized spacial score (nSPS) is 26.0. The van der Waals surface area contributed by atoms with E-state index in [2.05, 4.69) is 5.32 Å². The molecule has 1 aromatic carbocycles. The number of carbonyl (C=O) groups excluding carboxylic acids is 2. The Bertz CT molecular complexity index is 734. The van der Waals surface area contributed by atoms with Gasteiger partial charge in [-0.2, -0.15) is 0 Å². The summed E-state index contributed by atoms with van der Waals surface area (Å²) < 4.78 is 13.6. The van der Waals surface area contributed by atoms with Crippen LogP contribution in [0.5, 0.6) is 0 Å². The van der Waals surface area contributed by atoms with Crippen LogP contribution in [-0.4, -0.2) is 35.5 Å². The highest BCUT2D eigenvalue weighted by Gasteiger charge is 2.36. The fraction of sp³-hybridized carbons (Fsp3) is 0.500. The van der Waals surface area contributed by atoms with Gasteiger partial charge in [-0.3, -0.25) is 14.4 Å². The summed E-state index contributed by atoms with van der Waals surface area (Å²) >= 11 is 5.66. The molecule has 0 radical (unpaired) electrons. The van der Waals surface area contributed by atoms with Crippen molar-refractivity contribution in [3.63, 3.8) is 0 Å². The Balaban J connectivity index is 1.58. The second kappa shape index (κ2) is 7.61. The van der Waals surface area contributed by atoms with Crippen molar-refractivity contribution in [3.8, 4) is 0 Å². The molecule has 0 aromatic heterocycles. The lowest BCUT2D eigenvalue weighted by atomic mass is 9.81. The minimum atomic E-state index is -0.819. The first-order valence-corrected chi connectivity index (χ1v) is 9.04. The highest BCUT2D eigenvalue weighted by atomic mass is 35.5. The molecule has 2 amide bonds. The number of nitrogens with one attached hydrogen (secondary N) is 1. The summed E-state index contributed by atoms with van der Waals surface area (Å²) in [6.45, 7) is 0.386. The predicted molar refractivity (Wildman–Crippen MR) is 93.4 cm³/mol. The average molecular weight is 383 g/mol. The third-order valence-electron chi connectivity index (χ3n) is 5.18. The molecule has 26 heavy (non-hydrogen) atoms. The van der Waals surface area contributed by atoms with E-state index < -0.39 is 17.8 Å². The monoisotopic (exact) mass is 382 g/mol. The van der Waals surface area contributed by atoms with Gasteiger partial charge in [0.05, 0.1) is 10.9 Å². The van der Waals surface area contributed by atoms with Crippen LogP contribution in [0.25, 0.3) is 0 Å². The zero-order valence-electron chi connectivity index (χ0n) is 14.1. The fourth-order valence-corrected chi connectivity index (χ4v) is 3.73. The van der Waals surface area contributed by atoms with Crippen molar-refractivity contribution in [2.45, 2.75) is 38.1 Å². The van der Waals surface area contributed by atoms with Crippen LogP contribution in [0.3, 0.4) is 0 Å². The smallest absolute Gasteiger partial charge is 0.306 e.